The molecule has 1 nitrogen and oxygen atoms in total. The van der Waals surface area contributed by atoms with Gasteiger partial charge in [0.25, 0.3) is 0 Å². The summed E-state index contributed by atoms with van der Waals surface area (Å²) in [6, 6.07) is 13.4. The predicted molar refractivity (Wildman–Crippen MR) is 106 cm³/mol. The second-order valence-electron chi connectivity index (χ2n) is 8.18. The maximum absolute atomic E-state index is 3.13. The first-order valence-electron chi connectivity index (χ1n) is 10.5. The second kappa shape index (κ2) is 8.33. The molecular formula is C22H34NP. The Bertz CT molecular complexity index is 472. The molecule has 2 heteroatoms. The van der Waals surface area contributed by atoms with E-state index in [1.165, 1.54) is 83.2 Å². The van der Waals surface area contributed by atoms with Crippen LogP contribution in [0.3, 0.4) is 0 Å². The van der Waals surface area contributed by atoms with Gasteiger partial charge in [-0.25, -0.2) is 0 Å². The van der Waals surface area contributed by atoms with Crippen molar-refractivity contribution in [1.29, 1.82) is 0 Å². The Kier molecular flexibility index (Phi) is 5.91. The third-order valence-electron chi connectivity index (χ3n) is 6.65. The largest absolute Gasteiger partial charge is 0.290 e. The van der Waals surface area contributed by atoms with E-state index in [-0.39, 0.29) is 7.92 Å². The highest BCUT2D eigenvalue weighted by molar-refractivity contribution is 7.66. The molecule has 0 aromatic heterocycles. The summed E-state index contributed by atoms with van der Waals surface area (Å²) in [4.78, 5) is 3.13. The van der Waals surface area contributed by atoms with Crippen molar-refractivity contribution < 1.29 is 0 Å². The minimum Gasteiger partial charge on any atom is -0.290 e. The highest BCUT2D eigenvalue weighted by Gasteiger charge is 2.40. The Hall–Kier alpha value is -0.390. The van der Waals surface area contributed by atoms with Crippen LogP contribution in [0.1, 0.15) is 77.0 Å². The van der Waals surface area contributed by atoms with Crippen molar-refractivity contribution in [3.8, 4) is 0 Å². The van der Waals surface area contributed by atoms with Crippen LogP contribution in [0, 0.1) is 0 Å². The van der Waals surface area contributed by atoms with Crippen molar-refractivity contribution in [2.45, 2.75) is 94.9 Å². The quantitative estimate of drug-likeness (QED) is 0.617. The zero-order valence-electron chi connectivity index (χ0n) is 15.2. The van der Waals surface area contributed by atoms with Gasteiger partial charge < -0.3 is 0 Å². The monoisotopic (exact) mass is 343 g/mol. The molecule has 1 aromatic carbocycles. The molecule has 0 radical (unpaired) electrons. The average molecular weight is 343 g/mol. The van der Waals surface area contributed by atoms with Gasteiger partial charge in [-0.3, -0.25) is 4.90 Å². The molecule has 2 atom stereocenters. The fraction of sp³-hybridized carbons (Fsp3) is 0.727. The molecule has 132 valence electrons. The van der Waals surface area contributed by atoms with Crippen LogP contribution >= 0.6 is 7.92 Å². The molecule has 2 aliphatic carbocycles. The van der Waals surface area contributed by atoms with E-state index in [2.05, 4.69) is 35.2 Å². The first-order valence-corrected chi connectivity index (χ1v) is 12.1. The number of hydrogen-bond donors (Lipinski definition) is 0. The summed E-state index contributed by atoms with van der Waals surface area (Å²) in [5.74, 6) is 0.883. The van der Waals surface area contributed by atoms with Crippen LogP contribution in [-0.2, 0) is 0 Å². The lowest BCUT2D eigenvalue weighted by atomic mass is 9.88. The Labute approximate surface area is 150 Å². The SMILES string of the molecule is c1ccc([P@@]2CCC[C@@H]2N(C2CCCCC2)C2CCCCC2)cc1. The zero-order chi connectivity index (χ0) is 16.2. The summed E-state index contributed by atoms with van der Waals surface area (Å²) in [6.45, 7) is 0. The first-order chi connectivity index (χ1) is 11.9. The van der Waals surface area contributed by atoms with E-state index in [1.807, 2.05) is 0 Å². The van der Waals surface area contributed by atoms with Gasteiger partial charge in [0.05, 0.1) is 0 Å². The van der Waals surface area contributed by atoms with Crippen molar-refractivity contribution in [3.63, 3.8) is 0 Å². The maximum Gasteiger partial charge on any atom is 0.0343 e. The van der Waals surface area contributed by atoms with Crippen LogP contribution < -0.4 is 5.30 Å². The second-order valence-corrected chi connectivity index (χ2v) is 10.7. The summed E-state index contributed by atoms with van der Waals surface area (Å²) in [5, 5.41) is 1.67. The zero-order valence-corrected chi connectivity index (χ0v) is 16.1. The summed E-state index contributed by atoms with van der Waals surface area (Å²) < 4.78 is 0. The maximum atomic E-state index is 3.13. The lowest BCUT2D eigenvalue weighted by Crippen LogP contribution is -2.50. The Morgan fingerprint density at radius 1 is 0.667 bits per heavy atom. The van der Waals surface area contributed by atoms with Gasteiger partial charge in [0.1, 0.15) is 0 Å². The van der Waals surface area contributed by atoms with Crippen molar-refractivity contribution in [2.24, 2.45) is 0 Å². The van der Waals surface area contributed by atoms with Crippen molar-refractivity contribution in [1.82, 2.24) is 4.90 Å². The molecule has 0 unspecified atom stereocenters. The van der Waals surface area contributed by atoms with Crippen molar-refractivity contribution >= 4 is 13.2 Å². The fourth-order valence-electron chi connectivity index (χ4n) is 5.52. The highest BCUT2D eigenvalue weighted by atomic mass is 31.1. The minimum absolute atomic E-state index is 0.0333. The number of hydrogen-bond acceptors (Lipinski definition) is 1. The normalized spacial score (nSPS) is 30.0. The van der Waals surface area contributed by atoms with E-state index in [0.29, 0.717) is 0 Å². The molecule has 0 bridgehead atoms. The molecule has 0 amide bonds. The van der Waals surface area contributed by atoms with Gasteiger partial charge in [-0.15, -0.1) is 0 Å². The third-order valence-corrected chi connectivity index (χ3v) is 9.65. The van der Waals surface area contributed by atoms with Crippen LogP contribution in [0.5, 0.6) is 0 Å². The van der Waals surface area contributed by atoms with E-state index >= 15 is 0 Å². The molecule has 1 aliphatic heterocycles. The van der Waals surface area contributed by atoms with E-state index in [9.17, 15) is 0 Å². The van der Waals surface area contributed by atoms with Crippen molar-refractivity contribution in [3.05, 3.63) is 30.3 Å². The van der Waals surface area contributed by atoms with Crippen LogP contribution in [0.25, 0.3) is 0 Å². The standard InChI is InChI=1S/C22H34NP/c1-4-11-19(12-5-1)23(20-13-6-2-7-14-20)22-17-10-18-24(22)21-15-8-3-9-16-21/h3,8-9,15-16,19-20,22H,1-2,4-7,10-14,17-18H2/t22-,24-/m1/s1. The molecule has 0 spiro atoms. The van der Waals surface area contributed by atoms with Gasteiger partial charge in [-0.05, 0) is 50.0 Å². The fourth-order valence-corrected chi connectivity index (χ4v) is 8.69. The van der Waals surface area contributed by atoms with Gasteiger partial charge >= 0.3 is 0 Å². The molecule has 1 heterocycles. The summed E-state index contributed by atoms with van der Waals surface area (Å²) >= 11 is 0. The minimum atomic E-state index is 0.0333. The van der Waals surface area contributed by atoms with Crippen LogP contribution in [-0.4, -0.2) is 28.9 Å². The van der Waals surface area contributed by atoms with Gasteiger partial charge in [0.2, 0.25) is 0 Å². The van der Waals surface area contributed by atoms with Crippen LogP contribution in [0.15, 0.2) is 30.3 Å². The lowest BCUT2D eigenvalue weighted by Gasteiger charge is -2.47. The molecule has 24 heavy (non-hydrogen) atoms. The van der Waals surface area contributed by atoms with E-state index in [4.69, 9.17) is 0 Å². The molecule has 0 N–H and O–H groups in total. The van der Waals surface area contributed by atoms with E-state index in [1.54, 1.807) is 5.30 Å². The first kappa shape index (κ1) is 17.0. The van der Waals surface area contributed by atoms with Gasteiger partial charge in [-0.1, -0.05) is 76.8 Å². The molecule has 2 saturated carbocycles. The Morgan fingerprint density at radius 2 is 1.25 bits per heavy atom. The van der Waals surface area contributed by atoms with Crippen LogP contribution in [0.4, 0.5) is 0 Å². The Morgan fingerprint density at radius 3 is 1.83 bits per heavy atom. The molecule has 4 rings (SSSR count). The smallest absolute Gasteiger partial charge is 0.0343 e. The third kappa shape index (κ3) is 3.73. The molecule has 1 aromatic rings. The lowest BCUT2D eigenvalue weighted by molar-refractivity contribution is 0.0672. The topological polar surface area (TPSA) is 3.24 Å². The highest BCUT2D eigenvalue weighted by Crippen LogP contribution is 2.53. The molecule has 3 aliphatic rings. The molecule has 3 fully saturated rings. The Balaban J connectivity index is 1.58. The average Bonchev–Trinajstić information content (AvgIpc) is 3.14. The summed E-state index contributed by atoms with van der Waals surface area (Å²) in [6.07, 6.45) is 19.2. The van der Waals surface area contributed by atoms with Gasteiger partial charge in [0, 0.05) is 17.9 Å². The summed E-state index contributed by atoms with van der Waals surface area (Å²) in [5.41, 5.74) is 0. The van der Waals surface area contributed by atoms with Crippen LogP contribution in [0.2, 0.25) is 0 Å². The number of rotatable bonds is 4. The van der Waals surface area contributed by atoms with Gasteiger partial charge in [0.15, 0.2) is 0 Å². The number of nitrogens with zero attached hydrogens (tertiary/aromatic N) is 1. The van der Waals surface area contributed by atoms with E-state index in [0.717, 1.165) is 17.9 Å². The van der Waals surface area contributed by atoms with Gasteiger partial charge in [-0.2, -0.15) is 0 Å². The predicted octanol–water partition coefficient (Wildman–Crippen LogP) is 5.88. The van der Waals surface area contributed by atoms with E-state index < -0.39 is 0 Å². The molecular weight excluding hydrogens is 309 g/mol. The summed E-state index contributed by atoms with van der Waals surface area (Å²) in [7, 11) is 0.0333. The molecule has 1 saturated heterocycles. The van der Waals surface area contributed by atoms with Crippen molar-refractivity contribution in [2.75, 3.05) is 6.16 Å². The number of benzene rings is 1.